The number of amides is 2. The van der Waals surface area contributed by atoms with Gasteiger partial charge in [-0.3, -0.25) is 0 Å². The standard InChI is InChI=1S/C15H20N2O4S/c1-2-3-8-21-14-6-4-5-12(10-14)16-15(18)17-13-7-9-22(19,20)11-13/h4-7,9-10,13H,2-3,8,11H2,1H3,(H2,16,17,18)/t13-/m1/s1. The summed E-state index contributed by atoms with van der Waals surface area (Å²) < 4.78 is 28.1. The second kappa shape index (κ2) is 7.31. The molecule has 1 aromatic rings. The summed E-state index contributed by atoms with van der Waals surface area (Å²) in [6.45, 7) is 2.72. The van der Waals surface area contributed by atoms with Crippen LogP contribution in [0.4, 0.5) is 10.5 Å². The molecule has 6 nitrogen and oxygen atoms in total. The highest BCUT2D eigenvalue weighted by molar-refractivity contribution is 7.94. The highest BCUT2D eigenvalue weighted by Crippen LogP contribution is 2.18. The van der Waals surface area contributed by atoms with Gasteiger partial charge in [-0.2, -0.15) is 0 Å². The summed E-state index contributed by atoms with van der Waals surface area (Å²) in [6.07, 6.45) is 3.50. The quantitative estimate of drug-likeness (QED) is 0.786. The van der Waals surface area contributed by atoms with Crippen LogP contribution in [0.5, 0.6) is 5.75 Å². The number of hydrogen-bond donors (Lipinski definition) is 2. The van der Waals surface area contributed by atoms with Crippen molar-refractivity contribution in [3.63, 3.8) is 0 Å². The van der Waals surface area contributed by atoms with E-state index in [9.17, 15) is 13.2 Å². The molecule has 0 fully saturated rings. The number of ether oxygens (including phenoxy) is 1. The van der Waals surface area contributed by atoms with Crippen LogP contribution in [0.15, 0.2) is 35.7 Å². The van der Waals surface area contributed by atoms with Crippen molar-refractivity contribution in [3.8, 4) is 5.75 Å². The Morgan fingerprint density at radius 3 is 2.91 bits per heavy atom. The fraction of sp³-hybridized carbons (Fsp3) is 0.400. The average molecular weight is 324 g/mol. The van der Waals surface area contributed by atoms with Gasteiger partial charge in [-0.25, -0.2) is 13.2 Å². The lowest BCUT2D eigenvalue weighted by molar-refractivity contribution is 0.251. The number of carbonyl (C=O) groups is 1. The van der Waals surface area contributed by atoms with E-state index < -0.39 is 21.9 Å². The Labute approximate surface area is 130 Å². The Balaban J connectivity index is 1.86. The van der Waals surface area contributed by atoms with E-state index in [0.29, 0.717) is 18.0 Å². The summed E-state index contributed by atoms with van der Waals surface area (Å²) in [5, 5.41) is 6.39. The third-order valence-electron chi connectivity index (χ3n) is 3.11. The maximum Gasteiger partial charge on any atom is 0.319 e. The fourth-order valence-corrected chi connectivity index (χ4v) is 3.23. The van der Waals surface area contributed by atoms with Crippen molar-refractivity contribution in [1.82, 2.24) is 5.32 Å². The molecule has 0 unspecified atom stereocenters. The molecular formula is C15H20N2O4S. The third-order valence-corrected chi connectivity index (χ3v) is 4.50. The van der Waals surface area contributed by atoms with Crippen molar-refractivity contribution in [2.45, 2.75) is 25.8 Å². The van der Waals surface area contributed by atoms with Gasteiger partial charge in [0.05, 0.1) is 18.4 Å². The summed E-state index contributed by atoms with van der Waals surface area (Å²) >= 11 is 0. The molecule has 0 bridgehead atoms. The van der Waals surface area contributed by atoms with E-state index in [4.69, 9.17) is 4.74 Å². The molecule has 1 atom stereocenters. The van der Waals surface area contributed by atoms with E-state index in [1.165, 1.54) is 6.08 Å². The van der Waals surface area contributed by atoms with Crippen LogP contribution in [-0.4, -0.2) is 32.9 Å². The van der Waals surface area contributed by atoms with Crippen molar-refractivity contribution < 1.29 is 17.9 Å². The number of rotatable bonds is 6. The number of nitrogens with one attached hydrogen (secondary N) is 2. The zero-order valence-electron chi connectivity index (χ0n) is 12.4. The zero-order valence-corrected chi connectivity index (χ0v) is 13.2. The molecule has 1 aromatic carbocycles. The second-order valence-electron chi connectivity index (χ2n) is 5.09. The minimum atomic E-state index is -3.18. The first kappa shape index (κ1) is 16.4. The van der Waals surface area contributed by atoms with Crippen molar-refractivity contribution in [2.75, 3.05) is 17.7 Å². The van der Waals surface area contributed by atoms with Crippen molar-refractivity contribution >= 4 is 21.6 Å². The first-order valence-corrected chi connectivity index (χ1v) is 8.91. The number of anilines is 1. The lowest BCUT2D eigenvalue weighted by Gasteiger charge is -2.12. The molecule has 0 aromatic heterocycles. The number of benzene rings is 1. The van der Waals surface area contributed by atoms with Gasteiger partial charge in [-0.05, 0) is 24.6 Å². The number of urea groups is 1. The molecule has 120 valence electrons. The first-order valence-electron chi connectivity index (χ1n) is 7.20. The summed E-state index contributed by atoms with van der Waals surface area (Å²) in [7, 11) is -3.18. The number of carbonyl (C=O) groups excluding carboxylic acids is 1. The summed E-state index contributed by atoms with van der Waals surface area (Å²) in [5.74, 6) is 0.593. The maximum absolute atomic E-state index is 11.9. The summed E-state index contributed by atoms with van der Waals surface area (Å²) in [4.78, 5) is 11.9. The normalized spacial score (nSPS) is 18.9. The van der Waals surface area contributed by atoms with Crippen LogP contribution in [-0.2, 0) is 9.84 Å². The topological polar surface area (TPSA) is 84.5 Å². The predicted octanol–water partition coefficient (Wildman–Crippen LogP) is 2.30. The van der Waals surface area contributed by atoms with Gasteiger partial charge in [0.25, 0.3) is 0 Å². The van der Waals surface area contributed by atoms with Gasteiger partial charge in [0.2, 0.25) is 0 Å². The van der Waals surface area contributed by atoms with E-state index in [-0.39, 0.29) is 5.75 Å². The lowest BCUT2D eigenvalue weighted by Crippen LogP contribution is -2.38. The number of unbranched alkanes of at least 4 members (excludes halogenated alkanes) is 1. The second-order valence-corrected chi connectivity index (χ2v) is 7.02. The van der Waals surface area contributed by atoms with E-state index in [0.717, 1.165) is 18.2 Å². The minimum Gasteiger partial charge on any atom is -0.494 e. The molecule has 1 aliphatic rings. The van der Waals surface area contributed by atoms with Gasteiger partial charge in [-0.15, -0.1) is 0 Å². The molecule has 0 aliphatic carbocycles. The third kappa shape index (κ3) is 5.07. The molecule has 0 spiro atoms. The van der Waals surface area contributed by atoms with E-state index in [1.807, 2.05) is 6.07 Å². The van der Waals surface area contributed by atoms with Crippen LogP contribution in [0, 0.1) is 0 Å². The van der Waals surface area contributed by atoms with Gasteiger partial charge >= 0.3 is 6.03 Å². The highest BCUT2D eigenvalue weighted by atomic mass is 32.2. The van der Waals surface area contributed by atoms with Gasteiger partial charge in [-0.1, -0.05) is 19.4 Å². The smallest absolute Gasteiger partial charge is 0.319 e. The molecule has 7 heteroatoms. The molecule has 0 radical (unpaired) electrons. The summed E-state index contributed by atoms with van der Waals surface area (Å²) in [6, 6.07) is 6.15. The Morgan fingerprint density at radius 1 is 1.41 bits per heavy atom. The molecule has 2 amide bonds. The SMILES string of the molecule is CCCCOc1cccc(NC(=O)N[C@@H]2C=CS(=O)(=O)C2)c1. The Bertz CT molecular complexity index is 655. The molecule has 22 heavy (non-hydrogen) atoms. The van der Waals surface area contributed by atoms with E-state index in [2.05, 4.69) is 17.6 Å². The lowest BCUT2D eigenvalue weighted by atomic mass is 10.3. The fourth-order valence-electron chi connectivity index (χ4n) is 2.00. The largest absolute Gasteiger partial charge is 0.494 e. The number of sulfone groups is 1. The Kier molecular flexibility index (Phi) is 5.43. The van der Waals surface area contributed by atoms with Gasteiger partial charge in [0.15, 0.2) is 9.84 Å². The average Bonchev–Trinajstić information content (AvgIpc) is 2.78. The number of hydrogen-bond acceptors (Lipinski definition) is 4. The minimum absolute atomic E-state index is 0.0966. The van der Waals surface area contributed by atoms with E-state index in [1.54, 1.807) is 18.2 Å². The molecule has 2 N–H and O–H groups in total. The molecule has 0 saturated carbocycles. The molecule has 0 saturated heterocycles. The predicted molar refractivity (Wildman–Crippen MR) is 85.7 cm³/mol. The molecule has 2 rings (SSSR count). The van der Waals surface area contributed by atoms with Crippen molar-refractivity contribution in [3.05, 3.63) is 35.7 Å². The van der Waals surface area contributed by atoms with E-state index >= 15 is 0 Å². The van der Waals surface area contributed by atoms with Crippen LogP contribution < -0.4 is 15.4 Å². The monoisotopic (exact) mass is 324 g/mol. The van der Waals surface area contributed by atoms with Gasteiger partial charge in [0.1, 0.15) is 5.75 Å². The van der Waals surface area contributed by atoms with Crippen LogP contribution >= 0.6 is 0 Å². The Hall–Kier alpha value is -2.02. The van der Waals surface area contributed by atoms with Crippen molar-refractivity contribution in [1.29, 1.82) is 0 Å². The molecule has 1 heterocycles. The zero-order chi connectivity index (χ0) is 16.0. The summed E-state index contributed by atoms with van der Waals surface area (Å²) in [5.41, 5.74) is 0.594. The highest BCUT2D eigenvalue weighted by Gasteiger charge is 2.22. The van der Waals surface area contributed by atoms with Crippen LogP contribution in [0.3, 0.4) is 0 Å². The molecular weight excluding hydrogens is 304 g/mol. The van der Waals surface area contributed by atoms with Crippen LogP contribution in [0.1, 0.15) is 19.8 Å². The maximum atomic E-state index is 11.9. The van der Waals surface area contributed by atoms with Gasteiger partial charge < -0.3 is 15.4 Å². The van der Waals surface area contributed by atoms with Gasteiger partial charge in [0, 0.05) is 17.2 Å². The van der Waals surface area contributed by atoms with Crippen molar-refractivity contribution in [2.24, 2.45) is 0 Å². The molecule has 1 aliphatic heterocycles. The van der Waals surface area contributed by atoms with Crippen LogP contribution in [0.25, 0.3) is 0 Å². The Morgan fingerprint density at radius 2 is 2.23 bits per heavy atom. The van der Waals surface area contributed by atoms with Crippen LogP contribution in [0.2, 0.25) is 0 Å². The first-order chi connectivity index (χ1) is 10.5.